The molecule has 0 amide bonds. The van der Waals surface area contributed by atoms with E-state index < -0.39 is 0 Å². The molecule has 1 aromatic carbocycles. The van der Waals surface area contributed by atoms with Crippen molar-refractivity contribution in [3.8, 4) is 0 Å². The van der Waals surface area contributed by atoms with Gasteiger partial charge in [-0.15, -0.1) is 19.0 Å². The second kappa shape index (κ2) is 7.85. The van der Waals surface area contributed by atoms with Gasteiger partial charge in [0.25, 0.3) is 0 Å². The Hall–Kier alpha value is -0.610. The van der Waals surface area contributed by atoms with Gasteiger partial charge in [-0.2, -0.15) is 0 Å². The Balaban J connectivity index is 0.00000180. The van der Waals surface area contributed by atoms with E-state index in [-0.39, 0.29) is 29.3 Å². The molecule has 0 saturated carbocycles. The predicted molar refractivity (Wildman–Crippen MR) is 80.7 cm³/mol. The molecule has 1 fully saturated rings. The van der Waals surface area contributed by atoms with Gasteiger partial charge in [-0.3, -0.25) is 4.90 Å². The normalized spacial score (nSPS) is 17.6. The van der Waals surface area contributed by atoms with Crippen LogP contribution in [0.15, 0.2) is 30.9 Å². The molecule has 1 heterocycles. The Morgan fingerprint density at radius 3 is 2.74 bits per heavy atom. The van der Waals surface area contributed by atoms with Gasteiger partial charge < -0.3 is 5.32 Å². The number of rotatable bonds is 4. The van der Waals surface area contributed by atoms with Crippen molar-refractivity contribution < 1.29 is 4.39 Å². The summed E-state index contributed by atoms with van der Waals surface area (Å²) < 4.78 is 14.1. The molecule has 1 aromatic rings. The Bertz CT molecular complexity index is 420. The minimum atomic E-state index is -0.301. The van der Waals surface area contributed by atoms with Gasteiger partial charge >= 0.3 is 0 Å². The lowest BCUT2D eigenvalue weighted by Crippen LogP contribution is -2.45. The fraction of sp³-hybridized carbons (Fsp3) is 0.429. The Morgan fingerprint density at radius 2 is 2.11 bits per heavy atom. The smallest absolute Gasteiger partial charge is 0.146 e. The van der Waals surface area contributed by atoms with E-state index in [2.05, 4.69) is 16.8 Å². The van der Waals surface area contributed by atoms with Crippen LogP contribution in [0.4, 0.5) is 4.39 Å². The van der Waals surface area contributed by atoms with Gasteiger partial charge in [-0.25, -0.2) is 4.39 Å². The van der Waals surface area contributed by atoms with E-state index in [1.807, 2.05) is 12.1 Å². The first-order valence-corrected chi connectivity index (χ1v) is 6.61. The Labute approximate surface area is 125 Å². The molecule has 2 nitrogen and oxygen atoms in total. The summed E-state index contributed by atoms with van der Waals surface area (Å²) in [6.45, 7) is 7.50. The van der Waals surface area contributed by atoms with Gasteiger partial charge in [-0.05, 0) is 12.5 Å². The van der Waals surface area contributed by atoms with Crippen LogP contribution in [0.5, 0.6) is 0 Å². The first-order chi connectivity index (χ1) is 8.74. The average Bonchev–Trinajstić information content (AvgIpc) is 2.41. The molecule has 0 aliphatic carbocycles. The molecule has 0 radical (unpaired) electrons. The SMILES string of the molecule is C=CC[C@H](c1cccc(Cl)c1F)N1CCNCC1.Cl. The van der Waals surface area contributed by atoms with Crippen molar-refractivity contribution in [3.05, 3.63) is 47.3 Å². The van der Waals surface area contributed by atoms with Crippen LogP contribution in [0.2, 0.25) is 5.02 Å². The Morgan fingerprint density at radius 1 is 1.42 bits per heavy atom. The lowest BCUT2D eigenvalue weighted by Gasteiger charge is -2.35. The predicted octanol–water partition coefficient (Wildman–Crippen LogP) is 3.42. The third-order valence-corrected chi connectivity index (χ3v) is 3.61. The van der Waals surface area contributed by atoms with E-state index in [1.54, 1.807) is 12.1 Å². The highest BCUT2D eigenvalue weighted by atomic mass is 35.5. The summed E-state index contributed by atoms with van der Waals surface area (Å²) in [5.74, 6) is -0.301. The van der Waals surface area contributed by atoms with Crippen LogP contribution in [0.25, 0.3) is 0 Å². The maximum atomic E-state index is 14.1. The van der Waals surface area contributed by atoms with E-state index in [0.717, 1.165) is 32.6 Å². The average molecular weight is 305 g/mol. The van der Waals surface area contributed by atoms with Crippen molar-refractivity contribution in [2.75, 3.05) is 26.2 Å². The van der Waals surface area contributed by atoms with Gasteiger partial charge in [0, 0.05) is 37.8 Å². The van der Waals surface area contributed by atoms with Crippen molar-refractivity contribution in [3.63, 3.8) is 0 Å². The molecule has 0 spiro atoms. The van der Waals surface area contributed by atoms with E-state index in [1.165, 1.54) is 0 Å². The number of halogens is 3. The second-order valence-corrected chi connectivity index (χ2v) is 4.88. The van der Waals surface area contributed by atoms with Crippen LogP contribution in [0.3, 0.4) is 0 Å². The van der Waals surface area contributed by atoms with Crippen molar-refractivity contribution in [2.45, 2.75) is 12.5 Å². The molecule has 2 rings (SSSR count). The third kappa shape index (κ3) is 3.93. The minimum absolute atomic E-state index is 0. The summed E-state index contributed by atoms with van der Waals surface area (Å²) in [6.07, 6.45) is 2.57. The summed E-state index contributed by atoms with van der Waals surface area (Å²) in [6, 6.07) is 5.24. The summed E-state index contributed by atoms with van der Waals surface area (Å²) in [7, 11) is 0. The van der Waals surface area contributed by atoms with E-state index in [0.29, 0.717) is 5.56 Å². The minimum Gasteiger partial charge on any atom is -0.314 e. The van der Waals surface area contributed by atoms with Gasteiger partial charge in [-0.1, -0.05) is 29.8 Å². The van der Waals surface area contributed by atoms with Crippen molar-refractivity contribution >= 4 is 24.0 Å². The Kier molecular flexibility index (Phi) is 6.80. The van der Waals surface area contributed by atoms with E-state index >= 15 is 0 Å². The van der Waals surface area contributed by atoms with Crippen molar-refractivity contribution in [1.82, 2.24) is 10.2 Å². The highest BCUT2D eigenvalue weighted by Gasteiger charge is 2.24. The quantitative estimate of drug-likeness (QED) is 0.858. The lowest BCUT2D eigenvalue weighted by atomic mass is 10.0. The molecule has 1 saturated heterocycles. The number of nitrogens with zero attached hydrogens (tertiary/aromatic N) is 1. The lowest BCUT2D eigenvalue weighted by molar-refractivity contribution is 0.171. The molecular weight excluding hydrogens is 286 g/mol. The number of hydrogen-bond donors (Lipinski definition) is 1. The zero-order valence-corrected chi connectivity index (χ0v) is 12.3. The number of benzene rings is 1. The van der Waals surface area contributed by atoms with Gasteiger partial charge in [0.2, 0.25) is 0 Å². The first-order valence-electron chi connectivity index (χ1n) is 6.23. The van der Waals surface area contributed by atoms with Crippen LogP contribution in [-0.2, 0) is 0 Å². The number of piperazine rings is 1. The summed E-state index contributed by atoms with van der Waals surface area (Å²) in [4.78, 5) is 2.28. The van der Waals surface area contributed by atoms with Crippen LogP contribution < -0.4 is 5.32 Å². The number of nitrogens with one attached hydrogen (secondary N) is 1. The molecule has 1 atom stereocenters. The topological polar surface area (TPSA) is 15.3 Å². The largest absolute Gasteiger partial charge is 0.314 e. The maximum Gasteiger partial charge on any atom is 0.146 e. The second-order valence-electron chi connectivity index (χ2n) is 4.47. The van der Waals surface area contributed by atoms with Gasteiger partial charge in [0.1, 0.15) is 5.82 Å². The zero-order valence-electron chi connectivity index (χ0n) is 10.7. The summed E-state index contributed by atoms with van der Waals surface area (Å²) in [5.41, 5.74) is 0.671. The van der Waals surface area contributed by atoms with Crippen LogP contribution in [-0.4, -0.2) is 31.1 Å². The molecule has 106 valence electrons. The zero-order chi connectivity index (χ0) is 13.0. The summed E-state index contributed by atoms with van der Waals surface area (Å²) in [5, 5.41) is 3.49. The fourth-order valence-electron chi connectivity index (χ4n) is 2.40. The third-order valence-electron chi connectivity index (χ3n) is 3.32. The van der Waals surface area contributed by atoms with Crippen LogP contribution in [0, 0.1) is 5.82 Å². The molecule has 5 heteroatoms. The van der Waals surface area contributed by atoms with Crippen LogP contribution >= 0.6 is 24.0 Å². The maximum absolute atomic E-state index is 14.1. The monoisotopic (exact) mass is 304 g/mol. The molecule has 0 aromatic heterocycles. The van der Waals surface area contributed by atoms with Crippen LogP contribution in [0.1, 0.15) is 18.0 Å². The van der Waals surface area contributed by atoms with Gasteiger partial charge in [0.05, 0.1) is 5.02 Å². The number of hydrogen-bond acceptors (Lipinski definition) is 2. The highest BCUT2D eigenvalue weighted by Crippen LogP contribution is 2.30. The summed E-state index contributed by atoms with van der Waals surface area (Å²) >= 11 is 5.87. The standard InChI is InChI=1S/C14H18ClFN2.ClH/c1-2-4-13(18-9-7-17-8-10-18)11-5-3-6-12(15)14(11)16;/h2-3,5-6,13,17H,1,4,7-10H2;1H/t13-;/m1./s1. The molecular formula is C14H19Cl2FN2. The molecule has 0 bridgehead atoms. The van der Waals surface area contributed by atoms with Gasteiger partial charge in [0.15, 0.2) is 0 Å². The molecule has 19 heavy (non-hydrogen) atoms. The first kappa shape index (κ1) is 16.4. The highest BCUT2D eigenvalue weighted by molar-refractivity contribution is 6.30. The van der Waals surface area contributed by atoms with Crippen molar-refractivity contribution in [1.29, 1.82) is 0 Å². The molecule has 1 N–H and O–H groups in total. The van der Waals surface area contributed by atoms with Crippen molar-refractivity contribution in [2.24, 2.45) is 0 Å². The fourth-order valence-corrected chi connectivity index (χ4v) is 2.58. The van der Waals surface area contributed by atoms with E-state index in [9.17, 15) is 4.39 Å². The molecule has 0 unspecified atom stereocenters. The van der Waals surface area contributed by atoms with E-state index in [4.69, 9.17) is 11.6 Å². The molecule has 1 aliphatic rings. The molecule has 1 aliphatic heterocycles.